The lowest BCUT2D eigenvalue weighted by atomic mass is 9.99. The highest BCUT2D eigenvalue weighted by atomic mass is 16.5. The normalized spacial score (nSPS) is 18.9. The maximum absolute atomic E-state index is 12.0. The molecule has 7 heteroatoms. The van der Waals surface area contributed by atoms with E-state index in [4.69, 9.17) is 14.5 Å². The van der Waals surface area contributed by atoms with Crippen LogP contribution in [0.25, 0.3) is 0 Å². The molecule has 1 aliphatic rings. The smallest absolute Gasteiger partial charge is 0.310 e. The first-order valence-electron chi connectivity index (χ1n) is 10.3. The van der Waals surface area contributed by atoms with Gasteiger partial charge in [-0.1, -0.05) is 25.1 Å². The van der Waals surface area contributed by atoms with Gasteiger partial charge < -0.3 is 19.7 Å². The summed E-state index contributed by atoms with van der Waals surface area (Å²) < 4.78 is 10.7. The average molecular weight is 411 g/mol. The van der Waals surface area contributed by atoms with Crippen molar-refractivity contribution in [2.24, 2.45) is 16.8 Å². The number of rotatable bonds is 7. The van der Waals surface area contributed by atoms with Crippen molar-refractivity contribution in [3.05, 3.63) is 59.9 Å². The Balaban J connectivity index is 1.58. The monoisotopic (exact) mass is 410 g/mol. The number of aliphatic imine (C=N–C) groups is 1. The van der Waals surface area contributed by atoms with Gasteiger partial charge in [0.15, 0.2) is 5.96 Å². The third-order valence-electron chi connectivity index (χ3n) is 5.20. The Kier molecular flexibility index (Phi) is 7.65. The molecule has 2 heterocycles. The van der Waals surface area contributed by atoms with Crippen molar-refractivity contribution < 1.29 is 14.3 Å². The van der Waals surface area contributed by atoms with Crippen molar-refractivity contribution in [2.45, 2.75) is 27.0 Å². The lowest BCUT2D eigenvalue weighted by Gasteiger charge is -2.21. The Hall–Kier alpha value is -3.09. The number of methoxy groups -OCH3 is 1. The number of guanidine groups is 1. The largest absolute Gasteiger partial charge is 0.487 e. The summed E-state index contributed by atoms with van der Waals surface area (Å²) in [5.74, 6) is 1.59. The van der Waals surface area contributed by atoms with E-state index in [-0.39, 0.29) is 17.8 Å². The zero-order valence-corrected chi connectivity index (χ0v) is 17.9. The van der Waals surface area contributed by atoms with Gasteiger partial charge in [0.2, 0.25) is 0 Å². The van der Waals surface area contributed by atoms with Crippen molar-refractivity contribution >= 4 is 11.9 Å². The van der Waals surface area contributed by atoms with Crippen molar-refractivity contribution in [3.63, 3.8) is 0 Å². The number of likely N-dealkylation sites (tertiary alicyclic amines) is 1. The van der Waals surface area contributed by atoms with E-state index < -0.39 is 0 Å². The maximum atomic E-state index is 12.0. The molecule has 0 aliphatic carbocycles. The summed E-state index contributed by atoms with van der Waals surface area (Å²) in [6, 6.07) is 13.7. The quantitative estimate of drug-likeness (QED) is 0.430. The second kappa shape index (κ2) is 10.6. The van der Waals surface area contributed by atoms with Crippen LogP contribution < -0.4 is 10.1 Å². The van der Waals surface area contributed by atoms with E-state index in [1.165, 1.54) is 7.11 Å². The zero-order valence-electron chi connectivity index (χ0n) is 17.9. The predicted molar refractivity (Wildman–Crippen MR) is 116 cm³/mol. The Bertz CT molecular complexity index is 839. The van der Waals surface area contributed by atoms with Crippen LogP contribution in [0.1, 0.15) is 25.1 Å². The highest BCUT2D eigenvalue weighted by molar-refractivity contribution is 5.82. The number of carbonyl (C=O) groups excluding carboxylic acids is 1. The molecule has 2 aromatic rings. The van der Waals surface area contributed by atoms with Crippen molar-refractivity contribution in [2.75, 3.05) is 26.7 Å². The Morgan fingerprint density at radius 2 is 2.03 bits per heavy atom. The van der Waals surface area contributed by atoms with Gasteiger partial charge in [-0.25, -0.2) is 4.99 Å². The molecule has 0 spiro atoms. The fourth-order valence-corrected chi connectivity index (χ4v) is 3.52. The third-order valence-corrected chi connectivity index (χ3v) is 5.20. The summed E-state index contributed by atoms with van der Waals surface area (Å²) in [5, 5.41) is 3.33. The van der Waals surface area contributed by atoms with Gasteiger partial charge >= 0.3 is 5.97 Å². The van der Waals surface area contributed by atoms with Gasteiger partial charge in [-0.2, -0.15) is 0 Å². The molecule has 1 aromatic carbocycles. The van der Waals surface area contributed by atoms with E-state index in [0.717, 1.165) is 36.1 Å². The van der Waals surface area contributed by atoms with Gasteiger partial charge in [0.1, 0.15) is 12.4 Å². The molecule has 1 fully saturated rings. The minimum atomic E-state index is -0.151. The number of carbonyl (C=O) groups is 1. The van der Waals surface area contributed by atoms with Crippen LogP contribution in [0.5, 0.6) is 5.75 Å². The van der Waals surface area contributed by atoms with Gasteiger partial charge in [0.25, 0.3) is 0 Å². The minimum Gasteiger partial charge on any atom is -0.487 e. The van der Waals surface area contributed by atoms with Crippen molar-refractivity contribution in [3.8, 4) is 5.75 Å². The van der Waals surface area contributed by atoms with Crippen LogP contribution in [0.2, 0.25) is 0 Å². The Morgan fingerprint density at radius 3 is 2.70 bits per heavy atom. The SMILES string of the molecule is CCNC(=NCc1ccc(OCc2ccccn2)cc1)N1CC(C)C(C(=O)OC)C1. The lowest BCUT2D eigenvalue weighted by Crippen LogP contribution is -2.40. The van der Waals surface area contributed by atoms with E-state index in [9.17, 15) is 4.79 Å². The van der Waals surface area contributed by atoms with Gasteiger partial charge in [-0.15, -0.1) is 0 Å². The second-order valence-electron chi connectivity index (χ2n) is 7.44. The first kappa shape index (κ1) is 21.6. The third kappa shape index (κ3) is 5.72. The molecule has 2 unspecified atom stereocenters. The zero-order chi connectivity index (χ0) is 21.3. The number of pyridine rings is 1. The summed E-state index contributed by atoms with van der Waals surface area (Å²) >= 11 is 0. The standard InChI is InChI=1S/C23H30N4O3/c1-4-24-23(27-14-17(2)21(15-27)22(28)29-3)26-13-18-8-10-20(11-9-18)30-16-19-7-5-6-12-25-19/h5-12,17,21H,4,13-16H2,1-3H3,(H,24,26). The molecule has 0 bridgehead atoms. The Labute approximate surface area is 178 Å². The van der Waals surface area contributed by atoms with E-state index >= 15 is 0 Å². The molecule has 30 heavy (non-hydrogen) atoms. The topological polar surface area (TPSA) is 76.1 Å². The van der Waals surface area contributed by atoms with Crippen LogP contribution in [0.15, 0.2) is 53.7 Å². The fraction of sp³-hybridized carbons (Fsp3) is 0.435. The van der Waals surface area contributed by atoms with E-state index in [0.29, 0.717) is 19.7 Å². The van der Waals surface area contributed by atoms with Crippen LogP contribution in [0.4, 0.5) is 0 Å². The molecule has 1 N–H and O–H groups in total. The number of esters is 1. The van der Waals surface area contributed by atoms with Crippen LogP contribution >= 0.6 is 0 Å². The van der Waals surface area contributed by atoms with Crippen LogP contribution in [-0.2, 0) is 22.7 Å². The molecule has 3 rings (SSSR count). The highest BCUT2D eigenvalue weighted by Crippen LogP contribution is 2.24. The molecule has 160 valence electrons. The summed E-state index contributed by atoms with van der Waals surface area (Å²) in [6.45, 7) is 7.29. The molecule has 1 saturated heterocycles. The van der Waals surface area contributed by atoms with Crippen LogP contribution in [0, 0.1) is 11.8 Å². The first-order valence-corrected chi connectivity index (χ1v) is 10.3. The number of nitrogens with one attached hydrogen (secondary N) is 1. The first-order chi connectivity index (χ1) is 14.6. The van der Waals surface area contributed by atoms with E-state index in [2.05, 4.69) is 22.1 Å². The van der Waals surface area contributed by atoms with E-state index in [1.807, 2.05) is 49.4 Å². The molecule has 0 amide bonds. The molecule has 0 saturated carbocycles. The number of ether oxygens (including phenoxy) is 2. The summed E-state index contributed by atoms with van der Waals surface area (Å²) in [7, 11) is 1.45. The highest BCUT2D eigenvalue weighted by Gasteiger charge is 2.36. The lowest BCUT2D eigenvalue weighted by molar-refractivity contribution is -0.145. The Morgan fingerprint density at radius 1 is 1.23 bits per heavy atom. The molecule has 2 atom stereocenters. The molecular weight excluding hydrogens is 380 g/mol. The second-order valence-corrected chi connectivity index (χ2v) is 7.44. The van der Waals surface area contributed by atoms with Gasteiger partial charge in [-0.3, -0.25) is 9.78 Å². The van der Waals surface area contributed by atoms with Crippen molar-refractivity contribution in [1.82, 2.24) is 15.2 Å². The number of nitrogens with zero attached hydrogens (tertiary/aromatic N) is 3. The van der Waals surface area contributed by atoms with Crippen molar-refractivity contribution in [1.29, 1.82) is 0 Å². The molecule has 7 nitrogen and oxygen atoms in total. The van der Waals surface area contributed by atoms with Crippen LogP contribution in [0.3, 0.4) is 0 Å². The fourth-order valence-electron chi connectivity index (χ4n) is 3.52. The molecular formula is C23H30N4O3. The van der Waals surface area contributed by atoms with Crippen LogP contribution in [-0.4, -0.2) is 48.6 Å². The molecule has 1 aromatic heterocycles. The number of aromatic nitrogens is 1. The summed E-state index contributed by atoms with van der Waals surface area (Å²) in [6.07, 6.45) is 1.76. The van der Waals surface area contributed by atoms with Gasteiger partial charge in [0, 0.05) is 25.8 Å². The molecule has 0 radical (unpaired) electrons. The van der Waals surface area contributed by atoms with E-state index in [1.54, 1.807) is 6.20 Å². The number of hydrogen-bond acceptors (Lipinski definition) is 5. The number of benzene rings is 1. The molecule has 1 aliphatic heterocycles. The summed E-state index contributed by atoms with van der Waals surface area (Å²) in [4.78, 5) is 23.2. The van der Waals surface area contributed by atoms with Gasteiger partial charge in [-0.05, 0) is 42.7 Å². The van der Waals surface area contributed by atoms with Gasteiger partial charge in [0.05, 0.1) is 25.3 Å². The number of hydrogen-bond donors (Lipinski definition) is 1. The average Bonchev–Trinajstić information content (AvgIpc) is 3.17. The summed E-state index contributed by atoms with van der Waals surface area (Å²) in [5.41, 5.74) is 1.99. The minimum absolute atomic E-state index is 0.116. The predicted octanol–water partition coefficient (Wildman–Crippen LogP) is 2.87. The maximum Gasteiger partial charge on any atom is 0.310 e.